The second kappa shape index (κ2) is 3.64. The van der Waals surface area contributed by atoms with Crippen LogP contribution in [0.4, 0.5) is 0 Å². The molecule has 1 aliphatic rings. The minimum Gasteiger partial charge on any atom is -0.476 e. The highest BCUT2D eigenvalue weighted by Crippen LogP contribution is 2.43. The highest BCUT2D eigenvalue weighted by Gasteiger charge is 2.38. The largest absolute Gasteiger partial charge is 0.476 e. The molecule has 1 saturated carbocycles. The SMILES string of the molecule is CCCc1c(C(=O)O)nnn1C1CC1C. The number of rotatable bonds is 4. The highest BCUT2D eigenvalue weighted by molar-refractivity contribution is 5.86. The lowest BCUT2D eigenvalue weighted by atomic mass is 10.2. The van der Waals surface area contributed by atoms with Gasteiger partial charge in [0.2, 0.25) is 0 Å². The third-order valence-corrected chi connectivity index (χ3v) is 2.86. The van der Waals surface area contributed by atoms with Gasteiger partial charge in [0.05, 0.1) is 11.7 Å². The molecule has 15 heavy (non-hydrogen) atoms. The minimum atomic E-state index is -0.974. The number of hydrogen-bond donors (Lipinski definition) is 1. The molecule has 1 N–H and O–H groups in total. The summed E-state index contributed by atoms with van der Waals surface area (Å²) in [5.41, 5.74) is 0.898. The van der Waals surface area contributed by atoms with Gasteiger partial charge in [-0.3, -0.25) is 0 Å². The fraction of sp³-hybridized carbons (Fsp3) is 0.700. The summed E-state index contributed by atoms with van der Waals surface area (Å²) in [5.74, 6) is -0.373. The molecule has 0 aromatic carbocycles. The molecule has 0 aliphatic heterocycles. The Bertz CT molecular complexity index is 386. The molecule has 5 nitrogen and oxygen atoms in total. The quantitative estimate of drug-likeness (QED) is 0.816. The highest BCUT2D eigenvalue weighted by atomic mass is 16.4. The Balaban J connectivity index is 2.33. The number of hydrogen-bond acceptors (Lipinski definition) is 3. The van der Waals surface area contributed by atoms with Crippen molar-refractivity contribution < 1.29 is 9.90 Å². The average Bonchev–Trinajstić information content (AvgIpc) is 2.76. The Morgan fingerprint density at radius 3 is 2.80 bits per heavy atom. The summed E-state index contributed by atoms with van der Waals surface area (Å²) < 4.78 is 1.80. The lowest BCUT2D eigenvalue weighted by Crippen LogP contribution is -2.07. The molecule has 1 aliphatic carbocycles. The predicted octanol–water partition coefficient (Wildman–Crippen LogP) is 1.51. The summed E-state index contributed by atoms with van der Waals surface area (Å²) in [6.07, 6.45) is 2.73. The molecule has 0 radical (unpaired) electrons. The molecule has 0 spiro atoms. The van der Waals surface area contributed by atoms with E-state index in [1.54, 1.807) is 4.68 Å². The van der Waals surface area contributed by atoms with Crippen LogP contribution in [0, 0.1) is 5.92 Å². The number of aromatic carboxylic acids is 1. The van der Waals surface area contributed by atoms with Gasteiger partial charge >= 0.3 is 5.97 Å². The zero-order valence-electron chi connectivity index (χ0n) is 8.97. The maximum Gasteiger partial charge on any atom is 0.358 e. The van der Waals surface area contributed by atoms with E-state index in [0.29, 0.717) is 12.0 Å². The number of carboxylic acids is 1. The van der Waals surface area contributed by atoms with Crippen molar-refractivity contribution >= 4 is 5.97 Å². The van der Waals surface area contributed by atoms with Gasteiger partial charge in [0.25, 0.3) is 0 Å². The van der Waals surface area contributed by atoms with Crippen LogP contribution in [0.25, 0.3) is 0 Å². The van der Waals surface area contributed by atoms with E-state index in [1.807, 2.05) is 6.92 Å². The molecule has 1 fully saturated rings. The maximum atomic E-state index is 10.9. The normalized spacial score (nSPS) is 24.1. The topological polar surface area (TPSA) is 68.0 Å². The molecule has 2 rings (SSSR count). The Morgan fingerprint density at radius 2 is 2.33 bits per heavy atom. The molecule has 1 aromatic rings. The van der Waals surface area contributed by atoms with E-state index in [0.717, 1.165) is 25.0 Å². The van der Waals surface area contributed by atoms with Crippen LogP contribution in [0.1, 0.15) is 48.9 Å². The monoisotopic (exact) mass is 209 g/mol. The van der Waals surface area contributed by atoms with Crippen molar-refractivity contribution in [3.8, 4) is 0 Å². The third kappa shape index (κ3) is 1.73. The summed E-state index contributed by atoms with van der Waals surface area (Å²) in [5, 5.41) is 16.7. The van der Waals surface area contributed by atoms with Gasteiger partial charge in [-0.15, -0.1) is 5.10 Å². The van der Waals surface area contributed by atoms with Gasteiger partial charge in [-0.1, -0.05) is 25.5 Å². The van der Waals surface area contributed by atoms with Crippen LogP contribution < -0.4 is 0 Å². The van der Waals surface area contributed by atoms with Crippen LogP contribution in [0.2, 0.25) is 0 Å². The summed E-state index contributed by atoms with van der Waals surface area (Å²) in [6.45, 7) is 4.17. The van der Waals surface area contributed by atoms with Crippen molar-refractivity contribution in [2.45, 2.75) is 39.2 Å². The van der Waals surface area contributed by atoms with Gasteiger partial charge < -0.3 is 5.11 Å². The first kappa shape index (κ1) is 10.1. The molecule has 82 valence electrons. The summed E-state index contributed by atoms with van der Waals surface area (Å²) in [4.78, 5) is 10.9. The molecule has 2 unspecified atom stereocenters. The molecule has 0 bridgehead atoms. The van der Waals surface area contributed by atoms with E-state index < -0.39 is 5.97 Å². The zero-order valence-corrected chi connectivity index (χ0v) is 8.97. The van der Waals surface area contributed by atoms with Gasteiger partial charge in [-0.2, -0.15) is 0 Å². The Labute approximate surface area is 88.1 Å². The van der Waals surface area contributed by atoms with Crippen molar-refractivity contribution in [1.82, 2.24) is 15.0 Å². The van der Waals surface area contributed by atoms with E-state index in [4.69, 9.17) is 5.11 Å². The van der Waals surface area contributed by atoms with Gasteiger partial charge in [0.1, 0.15) is 0 Å². The van der Waals surface area contributed by atoms with Crippen LogP contribution in [-0.4, -0.2) is 26.1 Å². The van der Waals surface area contributed by atoms with E-state index in [2.05, 4.69) is 17.2 Å². The van der Waals surface area contributed by atoms with Crippen molar-refractivity contribution in [3.63, 3.8) is 0 Å². The lowest BCUT2D eigenvalue weighted by molar-refractivity contribution is 0.0689. The molecule has 1 heterocycles. The molecule has 2 atom stereocenters. The second-order valence-electron chi connectivity index (χ2n) is 4.16. The third-order valence-electron chi connectivity index (χ3n) is 2.86. The Morgan fingerprint density at radius 1 is 1.67 bits per heavy atom. The zero-order chi connectivity index (χ0) is 11.0. The van der Waals surface area contributed by atoms with Crippen LogP contribution in [0.15, 0.2) is 0 Å². The van der Waals surface area contributed by atoms with Gasteiger partial charge in [0.15, 0.2) is 5.69 Å². The van der Waals surface area contributed by atoms with Crippen molar-refractivity contribution in [2.75, 3.05) is 0 Å². The molecular formula is C10H15N3O2. The Kier molecular flexibility index (Phi) is 2.46. The van der Waals surface area contributed by atoms with Gasteiger partial charge in [0, 0.05) is 0 Å². The molecule has 0 amide bonds. The van der Waals surface area contributed by atoms with Crippen molar-refractivity contribution in [2.24, 2.45) is 5.92 Å². The number of carboxylic acid groups (broad SMARTS) is 1. The molecule has 1 aromatic heterocycles. The lowest BCUT2D eigenvalue weighted by Gasteiger charge is -2.04. The minimum absolute atomic E-state index is 0.121. The van der Waals surface area contributed by atoms with Crippen LogP contribution in [0.5, 0.6) is 0 Å². The smallest absolute Gasteiger partial charge is 0.358 e. The van der Waals surface area contributed by atoms with Crippen LogP contribution >= 0.6 is 0 Å². The fourth-order valence-corrected chi connectivity index (χ4v) is 1.86. The molecule has 0 saturated heterocycles. The van der Waals surface area contributed by atoms with E-state index in [-0.39, 0.29) is 5.69 Å². The number of aromatic nitrogens is 3. The molecule has 5 heteroatoms. The van der Waals surface area contributed by atoms with E-state index in [1.165, 1.54) is 0 Å². The van der Waals surface area contributed by atoms with Gasteiger partial charge in [-0.25, -0.2) is 9.48 Å². The average molecular weight is 209 g/mol. The number of nitrogens with zero attached hydrogens (tertiary/aromatic N) is 3. The first-order valence-electron chi connectivity index (χ1n) is 5.32. The van der Waals surface area contributed by atoms with Crippen molar-refractivity contribution in [3.05, 3.63) is 11.4 Å². The predicted molar refractivity (Wildman–Crippen MR) is 53.8 cm³/mol. The second-order valence-corrected chi connectivity index (χ2v) is 4.16. The number of carbonyl (C=O) groups is 1. The van der Waals surface area contributed by atoms with Gasteiger partial charge in [-0.05, 0) is 18.8 Å². The summed E-state index contributed by atoms with van der Waals surface area (Å²) in [6, 6.07) is 0.368. The molecular weight excluding hydrogens is 194 g/mol. The van der Waals surface area contributed by atoms with Crippen LogP contribution in [-0.2, 0) is 6.42 Å². The van der Waals surface area contributed by atoms with E-state index in [9.17, 15) is 4.79 Å². The van der Waals surface area contributed by atoms with Crippen LogP contribution in [0.3, 0.4) is 0 Å². The first-order valence-corrected chi connectivity index (χ1v) is 5.32. The fourth-order valence-electron chi connectivity index (χ4n) is 1.86. The summed E-state index contributed by atoms with van der Waals surface area (Å²) in [7, 11) is 0. The van der Waals surface area contributed by atoms with Crippen molar-refractivity contribution in [1.29, 1.82) is 0 Å². The van der Waals surface area contributed by atoms with E-state index >= 15 is 0 Å². The maximum absolute atomic E-state index is 10.9. The first-order chi connectivity index (χ1) is 7.15. The summed E-state index contributed by atoms with van der Waals surface area (Å²) >= 11 is 0. The standard InChI is InChI=1S/C10H15N3O2/c1-3-4-7-9(10(14)15)11-12-13(7)8-5-6(8)2/h6,8H,3-5H2,1-2H3,(H,14,15). The Hall–Kier alpha value is -1.39.